The predicted octanol–water partition coefficient (Wildman–Crippen LogP) is 3.30. The standard InChI is InChI=1S/C23H26N2O4/c1-3-24(14-17-8-9-21-22(12-17)29-15-28-21)23(27)13-20-19-7-5-4-6-18(19)10-11-25(20)16(2)26/h4-9,12,20H,3,10-11,13-15H2,1-2H3. The van der Waals surface area contributed by atoms with E-state index in [9.17, 15) is 9.59 Å². The van der Waals surface area contributed by atoms with E-state index in [0.29, 0.717) is 19.6 Å². The molecule has 0 radical (unpaired) electrons. The van der Waals surface area contributed by atoms with Crippen molar-refractivity contribution in [3.8, 4) is 11.5 Å². The zero-order chi connectivity index (χ0) is 20.4. The largest absolute Gasteiger partial charge is 0.454 e. The fraction of sp³-hybridized carbons (Fsp3) is 0.391. The third-order valence-electron chi connectivity index (χ3n) is 5.73. The Kier molecular flexibility index (Phi) is 5.43. The molecule has 0 spiro atoms. The highest BCUT2D eigenvalue weighted by Crippen LogP contribution is 2.34. The molecule has 1 unspecified atom stereocenters. The zero-order valence-electron chi connectivity index (χ0n) is 16.9. The van der Waals surface area contributed by atoms with Crippen molar-refractivity contribution in [2.45, 2.75) is 39.3 Å². The van der Waals surface area contributed by atoms with Crippen molar-refractivity contribution < 1.29 is 19.1 Å². The minimum atomic E-state index is -0.212. The lowest BCUT2D eigenvalue weighted by Crippen LogP contribution is -2.42. The second-order valence-electron chi connectivity index (χ2n) is 7.48. The first-order valence-corrected chi connectivity index (χ1v) is 10.1. The number of carbonyl (C=O) groups is 2. The van der Waals surface area contributed by atoms with E-state index in [1.54, 1.807) is 6.92 Å². The Morgan fingerprint density at radius 3 is 2.72 bits per heavy atom. The molecule has 0 saturated carbocycles. The van der Waals surface area contributed by atoms with Crippen molar-refractivity contribution in [1.82, 2.24) is 9.80 Å². The summed E-state index contributed by atoms with van der Waals surface area (Å²) in [7, 11) is 0. The van der Waals surface area contributed by atoms with Crippen LogP contribution < -0.4 is 9.47 Å². The van der Waals surface area contributed by atoms with Gasteiger partial charge in [0.25, 0.3) is 0 Å². The molecule has 1 atom stereocenters. The van der Waals surface area contributed by atoms with Crippen molar-refractivity contribution in [1.29, 1.82) is 0 Å². The number of hydrogen-bond donors (Lipinski definition) is 0. The maximum absolute atomic E-state index is 13.2. The summed E-state index contributed by atoms with van der Waals surface area (Å²) in [5, 5.41) is 0. The molecular formula is C23H26N2O4. The molecule has 0 fully saturated rings. The third-order valence-corrected chi connectivity index (χ3v) is 5.73. The molecule has 0 bridgehead atoms. The Labute approximate surface area is 171 Å². The summed E-state index contributed by atoms with van der Waals surface area (Å²) >= 11 is 0. The molecule has 2 amide bonds. The summed E-state index contributed by atoms with van der Waals surface area (Å²) in [6.07, 6.45) is 1.12. The Bertz CT molecular complexity index is 927. The van der Waals surface area contributed by atoms with Gasteiger partial charge in [-0.2, -0.15) is 0 Å². The van der Waals surface area contributed by atoms with Gasteiger partial charge in [-0.15, -0.1) is 0 Å². The van der Waals surface area contributed by atoms with Gasteiger partial charge in [0.15, 0.2) is 11.5 Å². The van der Waals surface area contributed by atoms with Gasteiger partial charge in [0.1, 0.15) is 0 Å². The summed E-state index contributed by atoms with van der Waals surface area (Å²) in [5.41, 5.74) is 3.31. The summed E-state index contributed by atoms with van der Waals surface area (Å²) in [4.78, 5) is 29.1. The van der Waals surface area contributed by atoms with Crippen LogP contribution in [0.1, 0.15) is 43.0 Å². The van der Waals surface area contributed by atoms with Crippen molar-refractivity contribution in [2.24, 2.45) is 0 Å². The SMILES string of the molecule is CCN(Cc1ccc2c(c1)OCO2)C(=O)CC1c2ccccc2CCN1C(C)=O. The summed E-state index contributed by atoms with van der Waals surface area (Å²) in [5.74, 6) is 1.50. The van der Waals surface area contributed by atoms with E-state index in [0.717, 1.165) is 29.0 Å². The van der Waals surface area contributed by atoms with Gasteiger partial charge in [-0.1, -0.05) is 30.3 Å². The molecule has 2 heterocycles. The van der Waals surface area contributed by atoms with E-state index in [1.807, 2.05) is 53.1 Å². The molecule has 2 aromatic rings. The van der Waals surface area contributed by atoms with E-state index >= 15 is 0 Å². The Morgan fingerprint density at radius 2 is 1.93 bits per heavy atom. The minimum absolute atomic E-state index is 0.0103. The molecule has 4 rings (SSSR count). The van der Waals surface area contributed by atoms with Gasteiger partial charge in [-0.25, -0.2) is 0 Å². The monoisotopic (exact) mass is 394 g/mol. The van der Waals surface area contributed by atoms with E-state index in [4.69, 9.17) is 9.47 Å². The van der Waals surface area contributed by atoms with Gasteiger partial charge in [0.2, 0.25) is 18.6 Å². The molecule has 6 heteroatoms. The first-order chi connectivity index (χ1) is 14.1. The fourth-order valence-electron chi connectivity index (χ4n) is 4.18. The number of amides is 2. The van der Waals surface area contributed by atoms with Gasteiger partial charge in [-0.05, 0) is 42.2 Å². The Hall–Kier alpha value is -3.02. The Balaban J connectivity index is 1.52. The molecule has 152 valence electrons. The van der Waals surface area contributed by atoms with E-state index in [2.05, 4.69) is 6.07 Å². The minimum Gasteiger partial charge on any atom is -0.454 e. The lowest BCUT2D eigenvalue weighted by molar-refractivity contribution is -0.137. The second kappa shape index (κ2) is 8.15. The number of hydrogen-bond acceptors (Lipinski definition) is 4. The van der Waals surface area contributed by atoms with Crippen LogP contribution in [0.25, 0.3) is 0 Å². The lowest BCUT2D eigenvalue weighted by atomic mass is 9.90. The maximum atomic E-state index is 13.2. The second-order valence-corrected chi connectivity index (χ2v) is 7.48. The van der Waals surface area contributed by atoms with Crippen molar-refractivity contribution >= 4 is 11.8 Å². The molecular weight excluding hydrogens is 368 g/mol. The molecule has 2 aliphatic heterocycles. The number of ether oxygens (including phenoxy) is 2. The van der Waals surface area contributed by atoms with Crippen LogP contribution in [-0.2, 0) is 22.6 Å². The molecule has 2 aliphatic rings. The van der Waals surface area contributed by atoms with Crippen LogP contribution in [0.5, 0.6) is 11.5 Å². The van der Waals surface area contributed by atoms with Crippen LogP contribution in [0.15, 0.2) is 42.5 Å². The molecule has 0 N–H and O–H groups in total. The van der Waals surface area contributed by atoms with Gasteiger partial charge in [0, 0.05) is 26.6 Å². The topological polar surface area (TPSA) is 59.1 Å². The smallest absolute Gasteiger partial charge is 0.231 e. The number of nitrogens with zero attached hydrogens (tertiary/aromatic N) is 2. The van der Waals surface area contributed by atoms with E-state index in [1.165, 1.54) is 5.56 Å². The molecule has 6 nitrogen and oxygen atoms in total. The average molecular weight is 394 g/mol. The summed E-state index contributed by atoms with van der Waals surface area (Å²) in [6.45, 7) is 5.54. The first-order valence-electron chi connectivity index (χ1n) is 10.1. The van der Waals surface area contributed by atoms with Crippen LogP contribution in [0.2, 0.25) is 0 Å². The number of carbonyl (C=O) groups excluding carboxylic acids is 2. The van der Waals surface area contributed by atoms with Gasteiger partial charge < -0.3 is 19.3 Å². The van der Waals surface area contributed by atoms with Crippen molar-refractivity contribution in [3.63, 3.8) is 0 Å². The maximum Gasteiger partial charge on any atom is 0.231 e. The van der Waals surface area contributed by atoms with Crippen LogP contribution in [0.3, 0.4) is 0 Å². The molecule has 29 heavy (non-hydrogen) atoms. The van der Waals surface area contributed by atoms with Crippen LogP contribution in [0.4, 0.5) is 0 Å². The first kappa shape index (κ1) is 19.3. The highest BCUT2D eigenvalue weighted by Gasteiger charge is 2.31. The normalized spacial score (nSPS) is 17.0. The van der Waals surface area contributed by atoms with Crippen LogP contribution in [-0.4, -0.2) is 41.5 Å². The number of benzene rings is 2. The Morgan fingerprint density at radius 1 is 1.14 bits per heavy atom. The molecule has 2 aromatic carbocycles. The highest BCUT2D eigenvalue weighted by atomic mass is 16.7. The lowest BCUT2D eigenvalue weighted by Gasteiger charge is -2.37. The van der Waals surface area contributed by atoms with Crippen LogP contribution >= 0.6 is 0 Å². The van der Waals surface area contributed by atoms with E-state index < -0.39 is 0 Å². The van der Waals surface area contributed by atoms with Crippen LogP contribution in [0, 0.1) is 0 Å². The zero-order valence-corrected chi connectivity index (χ0v) is 16.9. The average Bonchev–Trinajstić information content (AvgIpc) is 3.19. The van der Waals surface area contributed by atoms with Crippen molar-refractivity contribution in [3.05, 3.63) is 59.2 Å². The number of fused-ring (bicyclic) bond motifs is 2. The molecule has 0 saturated heterocycles. The van der Waals surface area contributed by atoms with Gasteiger partial charge in [-0.3, -0.25) is 9.59 Å². The van der Waals surface area contributed by atoms with Crippen molar-refractivity contribution in [2.75, 3.05) is 19.9 Å². The summed E-state index contributed by atoms with van der Waals surface area (Å²) < 4.78 is 10.8. The number of rotatable bonds is 5. The van der Waals surface area contributed by atoms with Gasteiger partial charge in [0.05, 0.1) is 12.5 Å². The van der Waals surface area contributed by atoms with E-state index in [-0.39, 0.29) is 31.1 Å². The highest BCUT2D eigenvalue weighted by molar-refractivity contribution is 5.80. The third kappa shape index (κ3) is 3.92. The summed E-state index contributed by atoms with van der Waals surface area (Å²) in [6, 6.07) is 13.7. The molecule has 0 aromatic heterocycles. The quantitative estimate of drug-likeness (QED) is 0.781. The molecule has 0 aliphatic carbocycles. The predicted molar refractivity (Wildman–Crippen MR) is 109 cm³/mol. The van der Waals surface area contributed by atoms with Gasteiger partial charge >= 0.3 is 0 Å². The fourth-order valence-corrected chi connectivity index (χ4v) is 4.18.